The molecule has 0 bridgehead atoms. The molecule has 3 amide bonds. The molecule has 0 aliphatic carbocycles. The summed E-state index contributed by atoms with van der Waals surface area (Å²) in [5.41, 5.74) is 2.86. The first-order chi connectivity index (χ1) is 21.1. The van der Waals surface area contributed by atoms with E-state index in [1.807, 2.05) is 30.3 Å². The van der Waals surface area contributed by atoms with E-state index in [1.54, 1.807) is 38.4 Å². The number of likely N-dealkylation sites (N-methyl/N-ethyl adjacent to an activating group) is 1. The van der Waals surface area contributed by atoms with Gasteiger partial charge in [0, 0.05) is 25.2 Å². The Morgan fingerprint density at radius 3 is 2.25 bits per heavy atom. The molecule has 1 aliphatic heterocycles. The number of halogens is 3. The summed E-state index contributed by atoms with van der Waals surface area (Å²) in [6.07, 6.45) is -1.53. The second kappa shape index (κ2) is 12.9. The van der Waals surface area contributed by atoms with Gasteiger partial charge in [-0.2, -0.15) is 0 Å². The topological polar surface area (TPSA) is 82.1 Å². The van der Waals surface area contributed by atoms with Gasteiger partial charge >= 0.3 is 0 Å². The maximum absolute atomic E-state index is 14.1. The van der Waals surface area contributed by atoms with Gasteiger partial charge in [-0.1, -0.05) is 66.7 Å². The third-order valence-electron chi connectivity index (χ3n) is 7.34. The Kier molecular flexibility index (Phi) is 8.89. The highest BCUT2D eigenvalue weighted by Crippen LogP contribution is 2.29. The van der Waals surface area contributed by atoms with E-state index in [2.05, 4.69) is 5.32 Å². The second-order valence-corrected chi connectivity index (χ2v) is 10.5. The lowest BCUT2D eigenvalue weighted by Crippen LogP contribution is -2.51. The van der Waals surface area contributed by atoms with Gasteiger partial charge in [0.2, 0.25) is 18.0 Å². The van der Waals surface area contributed by atoms with Crippen molar-refractivity contribution < 1.29 is 27.6 Å². The number of hydrogen-bond acceptors (Lipinski definition) is 4. The van der Waals surface area contributed by atoms with Crippen molar-refractivity contribution >= 4 is 29.1 Å². The summed E-state index contributed by atoms with van der Waals surface area (Å²) in [6.45, 7) is -0.303. The molecule has 0 spiro atoms. The lowest BCUT2D eigenvalue weighted by Gasteiger charge is -2.27. The molecule has 0 fully saturated rings. The summed E-state index contributed by atoms with van der Waals surface area (Å²) in [4.78, 5) is 48.3. The number of hydrogen-bond donors (Lipinski definition) is 1. The first-order valence-electron chi connectivity index (χ1n) is 13.9. The van der Waals surface area contributed by atoms with Crippen molar-refractivity contribution in [3.63, 3.8) is 0 Å². The van der Waals surface area contributed by atoms with Gasteiger partial charge in [-0.25, -0.2) is 18.2 Å². The summed E-state index contributed by atoms with van der Waals surface area (Å²) in [6, 6.07) is 24.7. The summed E-state index contributed by atoms with van der Waals surface area (Å²) < 4.78 is 41.5. The van der Waals surface area contributed by atoms with Crippen molar-refractivity contribution in [3.8, 4) is 0 Å². The number of nitrogens with zero attached hydrogens (tertiary/aromatic N) is 3. The number of anilines is 1. The number of benzene rings is 4. The second-order valence-electron chi connectivity index (χ2n) is 10.5. The molecular formula is C34H29F3N4O3. The molecule has 7 nitrogen and oxygen atoms in total. The molecule has 5 rings (SSSR count). The van der Waals surface area contributed by atoms with Crippen LogP contribution in [0.15, 0.2) is 102 Å². The average Bonchev–Trinajstić information content (AvgIpc) is 3.13. The van der Waals surface area contributed by atoms with E-state index in [4.69, 9.17) is 4.99 Å². The van der Waals surface area contributed by atoms with E-state index in [0.29, 0.717) is 33.7 Å². The van der Waals surface area contributed by atoms with Gasteiger partial charge in [0.05, 0.1) is 17.3 Å². The van der Waals surface area contributed by atoms with Crippen LogP contribution in [0, 0.1) is 17.5 Å². The highest BCUT2D eigenvalue weighted by molar-refractivity contribution is 6.21. The van der Waals surface area contributed by atoms with Crippen LogP contribution in [0.1, 0.15) is 28.2 Å². The molecule has 10 heteroatoms. The number of aliphatic imine (C=N–C) groups is 1. The van der Waals surface area contributed by atoms with Gasteiger partial charge in [-0.05, 0) is 47.9 Å². The quantitative estimate of drug-likeness (QED) is 0.315. The van der Waals surface area contributed by atoms with Gasteiger partial charge in [0.1, 0.15) is 12.4 Å². The van der Waals surface area contributed by atoms with Crippen LogP contribution in [-0.2, 0) is 20.8 Å². The number of fused-ring (bicyclic) bond motifs is 1. The minimum Gasteiger partial charge on any atom is -0.347 e. The van der Waals surface area contributed by atoms with Crippen molar-refractivity contribution in [2.75, 3.05) is 25.5 Å². The molecule has 224 valence electrons. The minimum atomic E-state index is -1.45. The zero-order valence-electron chi connectivity index (χ0n) is 24.0. The Bertz CT molecular complexity index is 1730. The molecule has 4 aromatic rings. The van der Waals surface area contributed by atoms with Crippen LogP contribution in [0.2, 0.25) is 0 Å². The number of nitrogens with one attached hydrogen (secondary N) is 1. The van der Waals surface area contributed by atoms with Crippen molar-refractivity contribution in [1.82, 2.24) is 10.2 Å². The van der Waals surface area contributed by atoms with E-state index in [-0.39, 0.29) is 18.9 Å². The van der Waals surface area contributed by atoms with E-state index >= 15 is 0 Å². The molecule has 1 unspecified atom stereocenters. The molecule has 44 heavy (non-hydrogen) atoms. The molecule has 4 aromatic carbocycles. The fourth-order valence-electron chi connectivity index (χ4n) is 4.98. The number of carbonyl (C=O) groups is 3. The van der Waals surface area contributed by atoms with Crippen molar-refractivity contribution in [2.45, 2.75) is 18.5 Å². The SMILES string of the molecule is CN(C)C(=O)CN1C(=O)C(NC(=O)[C@@H](Cc2ccc(F)c(F)c2)c2ccc(F)cc2)N=C(c2ccccc2)c2ccccc21. The molecule has 0 aromatic heterocycles. The third kappa shape index (κ3) is 6.54. The molecule has 2 atom stereocenters. The fourth-order valence-corrected chi connectivity index (χ4v) is 4.98. The predicted octanol–water partition coefficient (Wildman–Crippen LogP) is 4.84. The third-order valence-corrected chi connectivity index (χ3v) is 7.34. The molecule has 0 saturated carbocycles. The first kappa shape index (κ1) is 30.2. The van der Waals surface area contributed by atoms with Crippen LogP contribution in [0.5, 0.6) is 0 Å². The highest BCUT2D eigenvalue weighted by atomic mass is 19.2. The van der Waals surface area contributed by atoms with E-state index < -0.39 is 41.3 Å². The van der Waals surface area contributed by atoms with Crippen molar-refractivity contribution in [2.24, 2.45) is 4.99 Å². The van der Waals surface area contributed by atoms with Crippen LogP contribution in [-0.4, -0.2) is 55.1 Å². The Morgan fingerprint density at radius 1 is 0.886 bits per heavy atom. The summed E-state index contributed by atoms with van der Waals surface area (Å²) >= 11 is 0. The Morgan fingerprint density at radius 2 is 1.57 bits per heavy atom. The van der Waals surface area contributed by atoms with Crippen LogP contribution in [0.4, 0.5) is 18.9 Å². The zero-order valence-corrected chi connectivity index (χ0v) is 24.0. The van der Waals surface area contributed by atoms with Gasteiger partial charge < -0.3 is 10.2 Å². The molecule has 0 saturated heterocycles. The Hall–Kier alpha value is -5.25. The molecule has 1 aliphatic rings. The van der Waals surface area contributed by atoms with Crippen LogP contribution < -0.4 is 10.2 Å². The minimum absolute atomic E-state index is 0.0755. The van der Waals surface area contributed by atoms with Crippen LogP contribution in [0.25, 0.3) is 0 Å². The van der Waals surface area contributed by atoms with E-state index in [1.165, 1.54) is 40.1 Å². The summed E-state index contributed by atoms with van der Waals surface area (Å²) in [5.74, 6) is -5.28. The monoisotopic (exact) mass is 598 g/mol. The van der Waals surface area contributed by atoms with Crippen molar-refractivity contribution in [1.29, 1.82) is 0 Å². The smallest absolute Gasteiger partial charge is 0.272 e. The largest absolute Gasteiger partial charge is 0.347 e. The van der Waals surface area contributed by atoms with Crippen molar-refractivity contribution in [3.05, 3.63) is 137 Å². The summed E-state index contributed by atoms with van der Waals surface area (Å²) in [7, 11) is 3.15. The normalized spacial score (nSPS) is 15.1. The number of benzodiazepines with no additional fused rings is 1. The predicted molar refractivity (Wildman–Crippen MR) is 161 cm³/mol. The number of rotatable bonds is 8. The zero-order chi connectivity index (χ0) is 31.4. The van der Waals surface area contributed by atoms with Gasteiger partial charge in [0.15, 0.2) is 11.6 Å². The number of carbonyl (C=O) groups excluding carboxylic acids is 3. The molecule has 0 radical (unpaired) electrons. The standard InChI is InChI=1S/C34H29F3N4O3/c1-40(2)30(42)20-41-29-11-7-6-10-25(29)31(23-8-4-3-5-9-23)38-32(34(41)44)39-33(43)26(22-13-15-24(35)16-14-22)18-21-12-17-27(36)28(37)19-21/h3-17,19,26,32H,18,20H2,1-2H3,(H,39,43)/t26-,32?/m0/s1. The average molecular weight is 599 g/mol. The van der Waals surface area contributed by atoms with Gasteiger partial charge in [-0.15, -0.1) is 0 Å². The number of amides is 3. The number of para-hydroxylation sites is 1. The van der Waals surface area contributed by atoms with Gasteiger partial charge in [0.25, 0.3) is 5.91 Å². The fraction of sp³-hybridized carbons (Fsp3) is 0.176. The van der Waals surface area contributed by atoms with E-state index in [9.17, 15) is 27.6 Å². The lowest BCUT2D eigenvalue weighted by molar-refractivity contribution is -0.130. The van der Waals surface area contributed by atoms with Crippen LogP contribution >= 0.6 is 0 Å². The van der Waals surface area contributed by atoms with E-state index in [0.717, 1.165) is 12.1 Å². The lowest BCUT2D eigenvalue weighted by atomic mass is 9.91. The summed E-state index contributed by atoms with van der Waals surface area (Å²) in [5, 5.41) is 2.73. The van der Waals surface area contributed by atoms with Crippen LogP contribution in [0.3, 0.4) is 0 Å². The Labute approximate surface area is 252 Å². The Balaban J connectivity index is 1.57. The maximum atomic E-state index is 14.1. The molecule has 1 N–H and O–H groups in total. The van der Waals surface area contributed by atoms with Gasteiger partial charge in [-0.3, -0.25) is 19.3 Å². The highest BCUT2D eigenvalue weighted by Gasteiger charge is 2.36. The molecule has 1 heterocycles. The molecular weight excluding hydrogens is 569 g/mol. The first-order valence-corrected chi connectivity index (χ1v) is 13.9. The maximum Gasteiger partial charge on any atom is 0.272 e.